The van der Waals surface area contributed by atoms with Crippen LogP contribution in [0.2, 0.25) is 0 Å². The van der Waals surface area contributed by atoms with Crippen molar-refractivity contribution in [1.82, 2.24) is 0 Å². The lowest BCUT2D eigenvalue weighted by Crippen LogP contribution is -2.30. The van der Waals surface area contributed by atoms with Crippen LogP contribution < -0.4 is 0 Å². The average molecular weight is 892 g/mol. The second kappa shape index (κ2) is 53.0. The molecule has 0 N–H and O–H groups in total. The lowest BCUT2D eigenvalue weighted by Gasteiger charge is -2.18. The van der Waals surface area contributed by atoms with Gasteiger partial charge in [-0.2, -0.15) is 0 Å². The Morgan fingerprint density at radius 1 is 0.254 bits per heavy atom. The molecule has 0 aromatic heterocycles. The van der Waals surface area contributed by atoms with E-state index in [2.05, 4.69) is 20.8 Å². The van der Waals surface area contributed by atoms with Crippen molar-refractivity contribution < 1.29 is 28.6 Å². The molecule has 0 amide bonds. The SMILES string of the molecule is CCCCCCCCCCCCCCCCCCCCCCCCCCC(=O)OCC(COC(=O)CCCCCCCCCCC)OC(=O)CCCCCCCCCCCCCC. The highest BCUT2D eigenvalue weighted by molar-refractivity contribution is 5.71. The molecule has 0 saturated carbocycles. The van der Waals surface area contributed by atoms with Crippen molar-refractivity contribution in [1.29, 1.82) is 0 Å². The normalized spacial score (nSPS) is 11.9. The largest absolute Gasteiger partial charge is 0.462 e. The molecule has 0 aliphatic carbocycles. The standard InChI is InChI=1S/C57H110O6/c1-4-7-10-13-16-19-21-23-24-25-26-27-28-29-30-31-32-33-34-36-38-41-44-47-50-56(59)62-53-54(52-61-55(58)49-46-43-40-37-18-15-12-9-6-3)63-57(60)51-48-45-42-39-35-22-20-17-14-11-8-5-2/h54H,4-53H2,1-3H3. The molecule has 0 aromatic rings. The molecule has 0 bridgehead atoms. The average Bonchev–Trinajstić information content (AvgIpc) is 3.28. The fraction of sp³-hybridized carbons (Fsp3) is 0.947. The third-order valence-electron chi connectivity index (χ3n) is 13.1. The second-order valence-corrected chi connectivity index (χ2v) is 19.6. The number of ether oxygens (including phenoxy) is 3. The summed E-state index contributed by atoms with van der Waals surface area (Å²) in [5, 5.41) is 0. The van der Waals surface area contributed by atoms with Gasteiger partial charge >= 0.3 is 17.9 Å². The first-order chi connectivity index (χ1) is 31.0. The van der Waals surface area contributed by atoms with E-state index in [4.69, 9.17) is 14.2 Å². The van der Waals surface area contributed by atoms with Gasteiger partial charge in [-0.15, -0.1) is 0 Å². The molecular weight excluding hydrogens is 781 g/mol. The lowest BCUT2D eigenvalue weighted by atomic mass is 10.0. The Kier molecular flexibility index (Phi) is 51.7. The van der Waals surface area contributed by atoms with E-state index in [0.29, 0.717) is 19.3 Å². The fourth-order valence-corrected chi connectivity index (χ4v) is 8.80. The monoisotopic (exact) mass is 891 g/mol. The van der Waals surface area contributed by atoms with Crippen LogP contribution in [-0.2, 0) is 28.6 Å². The second-order valence-electron chi connectivity index (χ2n) is 19.6. The van der Waals surface area contributed by atoms with Gasteiger partial charge in [0.25, 0.3) is 0 Å². The highest BCUT2D eigenvalue weighted by Crippen LogP contribution is 2.18. The number of carbonyl (C=O) groups is 3. The van der Waals surface area contributed by atoms with Gasteiger partial charge in [0.2, 0.25) is 0 Å². The molecule has 6 heteroatoms. The minimum Gasteiger partial charge on any atom is -0.462 e. The third kappa shape index (κ3) is 51.3. The molecule has 0 aromatic carbocycles. The molecule has 0 fully saturated rings. The van der Waals surface area contributed by atoms with Crippen LogP contribution in [0.25, 0.3) is 0 Å². The van der Waals surface area contributed by atoms with Gasteiger partial charge in [0, 0.05) is 19.3 Å². The molecule has 1 atom stereocenters. The van der Waals surface area contributed by atoms with Gasteiger partial charge in [-0.25, -0.2) is 0 Å². The maximum Gasteiger partial charge on any atom is 0.306 e. The minimum absolute atomic E-state index is 0.0618. The van der Waals surface area contributed by atoms with Crippen LogP contribution >= 0.6 is 0 Å². The van der Waals surface area contributed by atoms with Crippen molar-refractivity contribution in [3.63, 3.8) is 0 Å². The summed E-state index contributed by atoms with van der Waals surface area (Å²) in [5.41, 5.74) is 0. The van der Waals surface area contributed by atoms with Crippen molar-refractivity contribution in [2.24, 2.45) is 0 Å². The topological polar surface area (TPSA) is 78.9 Å². The molecule has 63 heavy (non-hydrogen) atoms. The van der Waals surface area contributed by atoms with E-state index >= 15 is 0 Å². The Balaban J connectivity index is 4.09. The van der Waals surface area contributed by atoms with Gasteiger partial charge < -0.3 is 14.2 Å². The van der Waals surface area contributed by atoms with Crippen LogP contribution in [0, 0.1) is 0 Å². The maximum absolute atomic E-state index is 12.8. The predicted molar refractivity (Wildman–Crippen MR) is 270 cm³/mol. The van der Waals surface area contributed by atoms with Crippen molar-refractivity contribution in [2.45, 2.75) is 335 Å². The van der Waals surface area contributed by atoms with Gasteiger partial charge in [-0.1, -0.05) is 290 Å². The number of carbonyl (C=O) groups excluding carboxylic acids is 3. The highest BCUT2D eigenvalue weighted by atomic mass is 16.6. The zero-order valence-corrected chi connectivity index (χ0v) is 42.9. The summed E-state index contributed by atoms with van der Waals surface area (Å²) in [5.74, 6) is -0.841. The molecule has 0 saturated heterocycles. The molecule has 374 valence electrons. The van der Waals surface area contributed by atoms with Gasteiger partial charge in [0.15, 0.2) is 6.10 Å². The summed E-state index contributed by atoms with van der Waals surface area (Å²) in [6, 6.07) is 0. The molecule has 0 radical (unpaired) electrons. The predicted octanol–water partition coefficient (Wildman–Crippen LogP) is 18.8. The quantitative estimate of drug-likeness (QED) is 0.0344. The van der Waals surface area contributed by atoms with Gasteiger partial charge in [0.05, 0.1) is 0 Å². The minimum atomic E-state index is -0.759. The Bertz CT molecular complexity index is 936. The van der Waals surface area contributed by atoms with Crippen LogP contribution in [0.5, 0.6) is 0 Å². The lowest BCUT2D eigenvalue weighted by molar-refractivity contribution is -0.167. The Morgan fingerprint density at radius 2 is 0.429 bits per heavy atom. The zero-order valence-electron chi connectivity index (χ0n) is 42.9. The van der Waals surface area contributed by atoms with Crippen LogP contribution in [0.4, 0.5) is 0 Å². The Morgan fingerprint density at radius 3 is 0.635 bits per heavy atom. The van der Waals surface area contributed by atoms with Crippen molar-refractivity contribution in [3.8, 4) is 0 Å². The first-order valence-corrected chi connectivity index (χ1v) is 28.5. The van der Waals surface area contributed by atoms with Gasteiger partial charge in [-0.05, 0) is 19.3 Å². The van der Waals surface area contributed by atoms with Crippen LogP contribution in [0.1, 0.15) is 329 Å². The van der Waals surface area contributed by atoms with E-state index in [1.54, 1.807) is 0 Å². The smallest absolute Gasteiger partial charge is 0.306 e. The highest BCUT2D eigenvalue weighted by Gasteiger charge is 2.19. The van der Waals surface area contributed by atoms with E-state index < -0.39 is 6.10 Å². The molecule has 0 spiro atoms. The van der Waals surface area contributed by atoms with Crippen molar-refractivity contribution in [3.05, 3.63) is 0 Å². The van der Waals surface area contributed by atoms with Crippen LogP contribution in [0.3, 0.4) is 0 Å². The first kappa shape index (κ1) is 61.4. The number of esters is 3. The van der Waals surface area contributed by atoms with E-state index in [1.807, 2.05) is 0 Å². The Labute approximate surface area is 393 Å². The molecular formula is C57H110O6. The third-order valence-corrected chi connectivity index (χ3v) is 13.1. The molecule has 0 aliphatic heterocycles. The summed E-state index contributed by atoms with van der Waals surface area (Å²) >= 11 is 0. The van der Waals surface area contributed by atoms with Gasteiger partial charge in [-0.3, -0.25) is 14.4 Å². The van der Waals surface area contributed by atoms with E-state index in [0.717, 1.165) is 57.8 Å². The summed E-state index contributed by atoms with van der Waals surface area (Å²) in [4.78, 5) is 37.9. The van der Waals surface area contributed by atoms with Crippen molar-refractivity contribution in [2.75, 3.05) is 13.2 Å². The zero-order chi connectivity index (χ0) is 45.8. The number of unbranched alkanes of at least 4 members (excludes halogenated alkanes) is 42. The molecule has 0 rings (SSSR count). The summed E-state index contributed by atoms with van der Waals surface area (Å²) < 4.78 is 16.8. The molecule has 1 unspecified atom stereocenters. The summed E-state index contributed by atoms with van der Waals surface area (Å²) in [7, 11) is 0. The van der Waals surface area contributed by atoms with Crippen LogP contribution in [0.15, 0.2) is 0 Å². The van der Waals surface area contributed by atoms with Crippen molar-refractivity contribution >= 4 is 17.9 Å². The Hall–Kier alpha value is -1.59. The van der Waals surface area contributed by atoms with E-state index in [-0.39, 0.29) is 31.1 Å². The molecule has 6 nitrogen and oxygen atoms in total. The number of hydrogen-bond donors (Lipinski definition) is 0. The molecule has 0 heterocycles. The van der Waals surface area contributed by atoms with E-state index in [1.165, 1.54) is 231 Å². The number of rotatable bonds is 53. The molecule has 0 aliphatic rings. The maximum atomic E-state index is 12.8. The summed E-state index contributed by atoms with van der Waals surface area (Å²) in [6.45, 7) is 6.67. The summed E-state index contributed by atoms with van der Waals surface area (Å²) in [6.07, 6.45) is 58.3. The van der Waals surface area contributed by atoms with Gasteiger partial charge in [0.1, 0.15) is 13.2 Å². The first-order valence-electron chi connectivity index (χ1n) is 28.5. The number of hydrogen-bond acceptors (Lipinski definition) is 6. The van der Waals surface area contributed by atoms with E-state index in [9.17, 15) is 14.4 Å². The van der Waals surface area contributed by atoms with Crippen LogP contribution in [-0.4, -0.2) is 37.2 Å². The fourth-order valence-electron chi connectivity index (χ4n) is 8.80.